The number of hydrogen-bond acceptors (Lipinski definition) is 4. The molecule has 1 aliphatic rings. The minimum Gasteiger partial charge on any atom is -0.236 e. The molecule has 214 valence electrons. The molecule has 0 N–H and O–H groups in total. The van der Waals surface area contributed by atoms with Gasteiger partial charge in [-0.2, -0.15) is 0 Å². The molecule has 0 bridgehead atoms. The second-order valence-corrected chi connectivity index (χ2v) is 14.3. The molecule has 0 saturated carbocycles. The molecule has 0 unspecified atom stereocenters. The maximum Gasteiger partial charge on any atom is 0.124 e. The van der Waals surface area contributed by atoms with Crippen LogP contribution in [0.3, 0.4) is 0 Å². The van der Waals surface area contributed by atoms with Crippen molar-refractivity contribution in [3.63, 3.8) is 0 Å². The number of fused-ring (bicyclic) bond motifs is 5. The molecule has 2 nitrogen and oxygen atoms in total. The normalized spacial score (nSPS) is 13.3. The zero-order chi connectivity index (χ0) is 30.1. The van der Waals surface area contributed by atoms with Gasteiger partial charge in [0, 0.05) is 16.5 Å². The fraction of sp³-hybridized carbons (Fsp3) is 0.0732. The van der Waals surface area contributed by atoms with Crippen molar-refractivity contribution in [2.24, 2.45) is 0 Å². The number of nitrogens with zero attached hydrogens (tertiary/aromatic N) is 2. The van der Waals surface area contributed by atoms with Crippen molar-refractivity contribution in [1.82, 2.24) is 9.97 Å². The summed E-state index contributed by atoms with van der Waals surface area (Å²) in [5.74, 6) is 0. The molecule has 0 radical (unpaired) electrons. The Balaban J connectivity index is 1.18. The lowest BCUT2D eigenvalue weighted by Crippen LogP contribution is -2.14. The minimum absolute atomic E-state index is 0.0305. The van der Waals surface area contributed by atoms with Crippen LogP contribution in [0.5, 0.6) is 0 Å². The third kappa shape index (κ3) is 4.36. The second-order valence-electron chi connectivity index (χ2n) is 12.3. The summed E-state index contributed by atoms with van der Waals surface area (Å²) in [6, 6.07) is 48.4. The molecule has 6 aromatic carbocycles. The monoisotopic (exact) mass is 612 g/mol. The van der Waals surface area contributed by atoms with Crippen molar-refractivity contribution in [2.45, 2.75) is 19.3 Å². The summed E-state index contributed by atoms with van der Waals surface area (Å²) in [5.41, 5.74) is 14.6. The molecule has 0 spiro atoms. The van der Waals surface area contributed by atoms with Gasteiger partial charge in [-0.3, -0.25) is 0 Å². The highest BCUT2D eigenvalue weighted by molar-refractivity contribution is 7.22. The van der Waals surface area contributed by atoms with Crippen LogP contribution in [0.25, 0.3) is 75.0 Å². The van der Waals surface area contributed by atoms with E-state index in [0.29, 0.717) is 0 Å². The van der Waals surface area contributed by atoms with Crippen molar-refractivity contribution < 1.29 is 0 Å². The van der Waals surface area contributed by atoms with E-state index in [1.807, 2.05) is 0 Å². The maximum atomic E-state index is 5.03. The van der Waals surface area contributed by atoms with E-state index in [0.717, 1.165) is 37.7 Å². The zero-order valence-corrected chi connectivity index (χ0v) is 26.5. The van der Waals surface area contributed by atoms with Crippen LogP contribution in [0.15, 0.2) is 133 Å². The van der Waals surface area contributed by atoms with Crippen LogP contribution >= 0.6 is 22.7 Å². The fourth-order valence-corrected chi connectivity index (χ4v) is 8.70. The van der Waals surface area contributed by atoms with Gasteiger partial charge in [0.25, 0.3) is 0 Å². The molecule has 2 heterocycles. The van der Waals surface area contributed by atoms with Crippen LogP contribution in [0.1, 0.15) is 25.0 Å². The smallest absolute Gasteiger partial charge is 0.124 e. The first kappa shape index (κ1) is 26.5. The summed E-state index contributed by atoms with van der Waals surface area (Å²) in [6.45, 7) is 4.68. The van der Waals surface area contributed by atoms with Crippen LogP contribution in [0.2, 0.25) is 0 Å². The van der Waals surface area contributed by atoms with Gasteiger partial charge >= 0.3 is 0 Å². The Labute approximate surface area is 270 Å². The van der Waals surface area contributed by atoms with Crippen LogP contribution in [-0.2, 0) is 5.41 Å². The predicted octanol–water partition coefficient (Wildman–Crippen LogP) is 11.9. The van der Waals surface area contributed by atoms with E-state index in [-0.39, 0.29) is 5.41 Å². The molecule has 8 aromatic rings. The number of benzene rings is 6. The first-order chi connectivity index (χ1) is 22.0. The Morgan fingerprint density at radius 1 is 0.422 bits per heavy atom. The largest absolute Gasteiger partial charge is 0.236 e. The number of hydrogen-bond donors (Lipinski definition) is 0. The molecular weight excluding hydrogens is 585 g/mol. The van der Waals surface area contributed by atoms with E-state index in [1.54, 1.807) is 22.7 Å². The van der Waals surface area contributed by atoms with Gasteiger partial charge in [-0.25, -0.2) is 9.97 Å². The summed E-state index contributed by atoms with van der Waals surface area (Å²) in [5, 5.41) is 2.05. The summed E-state index contributed by atoms with van der Waals surface area (Å²) in [6.07, 6.45) is 0. The summed E-state index contributed by atoms with van der Waals surface area (Å²) < 4.78 is 2.39. The Morgan fingerprint density at radius 2 is 0.933 bits per heavy atom. The average molecular weight is 613 g/mol. The Bertz CT molecular complexity index is 2270. The quantitative estimate of drug-likeness (QED) is 0.198. The molecule has 9 rings (SSSR count). The Hall–Kier alpha value is -4.90. The van der Waals surface area contributed by atoms with Gasteiger partial charge in [0.05, 0.1) is 20.4 Å². The lowest BCUT2D eigenvalue weighted by molar-refractivity contribution is 0.660. The third-order valence-corrected chi connectivity index (χ3v) is 11.3. The van der Waals surface area contributed by atoms with Crippen molar-refractivity contribution >= 4 is 43.1 Å². The molecule has 45 heavy (non-hydrogen) atoms. The molecule has 1 aliphatic carbocycles. The van der Waals surface area contributed by atoms with E-state index in [4.69, 9.17) is 9.97 Å². The number of rotatable bonds is 4. The highest BCUT2D eigenvalue weighted by Crippen LogP contribution is 2.49. The van der Waals surface area contributed by atoms with Gasteiger partial charge in [0.2, 0.25) is 0 Å². The Morgan fingerprint density at radius 3 is 1.60 bits per heavy atom. The summed E-state index contributed by atoms with van der Waals surface area (Å²) in [7, 11) is 0. The molecule has 0 aliphatic heterocycles. The maximum absolute atomic E-state index is 5.03. The third-order valence-electron chi connectivity index (χ3n) is 9.13. The van der Waals surface area contributed by atoms with Crippen molar-refractivity contribution in [3.05, 3.63) is 145 Å². The van der Waals surface area contributed by atoms with E-state index >= 15 is 0 Å². The van der Waals surface area contributed by atoms with Crippen LogP contribution in [-0.4, -0.2) is 9.97 Å². The van der Waals surface area contributed by atoms with E-state index in [9.17, 15) is 0 Å². The predicted molar refractivity (Wildman–Crippen MR) is 192 cm³/mol. The minimum atomic E-state index is -0.0305. The second kappa shape index (κ2) is 10.1. The molecule has 2 aromatic heterocycles. The van der Waals surface area contributed by atoms with Crippen molar-refractivity contribution in [1.29, 1.82) is 0 Å². The lowest BCUT2D eigenvalue weighted by atomic mass is 9.81. The van der Waals surface area contributed by atoms with E-state index < -0.39 is 0 Å². The van der Waals surface area contributed by atoms with Gasteiger partial charge in [-0.1, -0.05) is 92.7 Å². The summed E-state index contributed by atoms with van der Waals surface area (Å²) in [4.78, 5) is 10.1. The van der Waals surface area contributed by atoms with Gasteiger partial charge < -0.3 is 0 Å². The number of aromatic nitrogens is 2. The van der Waals surface area contributed by atoms with Gasteiger partial charge in [-0.15, -0.1) is 22.7 Å². The van der Waals surface area contributed by atoms with Crippen LogP contribution in [0, 0.1) is 0 Å². The fourth-order valence-electron chi connectivity index (χ4n) is 6.79. The first-order valence-corrected chi connectivity index (χ1v) is 16.9. The lowest BCUT2D eigenvalue weighted by Gasteiger charge is -2.22. The number of para-hydroxylation sites is 2. The molecule has 0 fully saturated rings. The highest BCUT2D eigenvalue weighted by Gasteiger charge is 2.35. The van der Waals surface area contributed by atoms with Crippen molar-refractivity contribution in [2.75, 3.05) is 0 Å². The van der Waals surface area contributed by atoms with Crippen molar-refractivity contribution in [3.8, 4) is 54.5 Å². The molecule has 4 heteroatoms. The molecule has 0 atom stereocenters. The first-order valence-electron chi connectivity index (χ1n) is 15.2. The molecule has 0 saturated heterocycles. The molecule has 0 amide bonds. The van der Waals surface area contributed by atoms with Crippen LogP contribution in [0.4, 0.5) is 0 Å². The summed E-state index contributed by atoms with van der Waals surface area (Å²) >= 11 is 3.48. The Kier molecular flexibility index (Phi) is 5.93. The highest BCUT2D eigenvalue weighted by atomic mass is 32.1. The topological polar surface area (TPSA) is 25.8 Å². The average Bonchev–Trinajstić information content (AvgIpc) is 3.78. The van der Waals surface area contributed by atoms with Gasteiger partial charge in [0.1, 0.15) is 10.0 Å². The van der Waals surface area contributed by atoms with E-state index in [2.05, 4.69) is 147 Å². The van der Waals surface area contributed by atoms with Crippen LogP contribution < -0.4 is 0 Å². The molecular formula is C41H28N2S2. The van der Waals surface area contributed by atoms with E-state index in [1.165, 1.54) is 48.3 Å². The SMILES string of the molecule is CC1(C)c2ccccc2-c2ccc(-c3cccc(-c4cc(-c5nc6ccccc6s5)cc(-c5nc6ccccc6s5)c4)c3)cc21. The zero-order valence-electron chi connectivity index (χ0n) is 24.9. The number of thiazole rings is 2. The van der Waals surface area contributed by atoms with Gasteiger partial charge in [-0.05, 0) is 99.1 Å². The standard InChI is InChI=1S/C41H28N2S2/c1-41(2)33-13-4-3-12-31(33)32-19-18-27(24-34(32)41)25-10-9-11-26(20-25)28-21-29(39-42-35-14-5-7-16-37(35)44-39)23-30(22-28)40-43-36-15-6-8-17-38(36)45-40/h3-24H,1-2H3. The van der Waals surface area contributed by atoms with Gasteiger partial charge in [0.15, 0.2) is 0 Å².